The van der Waals surface area contributed by atoms with Gasteiger partial charge in [-0.3, -0.25) is 4.90 Å². The van der Waals surface area contributed by atoms with Gasteiger partial charge >= 0.3 is 0 Å². The Hall–Kier alpha value is -1.06. The Morgan fingerprint density at radius 1 is 1.25 bits per heavy atom. The molecular formula is C21H35NO2. The summed E-state index contributed by atoms with van der Waals surface area (Å²) < 4.78 is 5.81. The molecule has 1 aromatic rings. The van der Waals surface area contributed by atoms with E-state index < -0.39 is 0 Å². The van der Waals surface area contributed by atoms with Crippen molar-refractivity contribution in [1.82, 2.24) is 4.90 Å². The number of hydrogen-bond donors (Lipinski definition) is 1. The van der Waals surface area contributed by atoms with Gasteiger partial charge in [0.2, 0.25) is 0 Å². The molecule has 1 heterocycles. The first-order chi connectivity index (χ1) is 11.2. The Kier molecular flexibility index (Phi) is 6.33. The molecule has 1 N–H and O–H groups in total. The first kappa shape index (κ1) is 19.3. The molecule has 3 nitrogen and oxygen atoms in total. The molecule has 0 unspecified atom stereocenters. The number of nitrogens with zero attached hydrogens (tertiary/aromatic N) is 1. The minimum Gasteiger partial charge on any atom is -0.508 e. The van der Waals surface area contributed by atoms with Gasteiger partial charge in [0.15, 0.2) is 0 Å². The van der Waals surface area contributed by atoms with Gasteiger partial charge in [0.1, 0.15) is 5.75 Å². The molecule has 1 saturated heterocycles. The van der Waals surface area contributed by atoms with Crippen LogP contribution in [0.2, 0.25) is 0 Å². The third kappa shape index (κ3) is 4.97. The molecule has 3 heteroatoms. The van der Waals surface area contributed by atoms with E-state index in [1.807, 2.05) is 6.07 Å². The second kappa shape index (κ2) is 7.88. The third-order valence-electron chi connectivity index (χ3n) is 5.38. The van der Waals surface area contributed by atoms with E-state index in [0.717, 1.165) is 38.0 Å². The van der Waals surface area contributed by atoms with Crippen LogP contribution in [0, 0.1) is 5.92 Å². The summed E-state index contributed by atoms with van der Waals surface area (Å²) in [6, 6.07) is 6.26. The molecule has 2 rings (SSSR count). The van der Waals surface area contributed by atoms with Crippen LogP contribution in [0.3, 0.4) is 0 Å². The van der Waals surface area contributed by atoms with Crippen LogP contribution in [0.15, 0.2) is 18.2 Å². The van der Waals surface area contributed by atoms with Crippen molar-refractivity contribution in [2.75, 3.05) is 19.6 Å². The summed E-state index contributed by atoms with van der Waals surface area (Å²) >= 11 is 0. The van der Waals surface area contributed by atoms with Gasteiger partial charge in [0, 0.05) is 19.6 Å². The van der Waals surface area contributed by atoms with E-state index in [2.05, 4.69) is 58.6 Å². The van der Waals surface area contributed by atoms with Crippen molar-refractivity contribution >= 4 is 0 Å². The van der Waals surface area contributed by atoms with Gasteiger partial charge in [0.25, 0.3) is 0 Å². The number of ether oxygens (including phenoxy) is 1. The molecule has 1 fully saturated rings. The van der Waals surface area contributed by atoms with Crippen molar-refractivity contribution in [1.29, 1.82) is 0 Å². The SMILES string of the molecule is CCC(C)(C)c1ccc(C[C@@H](C)CN2C[C@@H](C)O[C@@H](C)C2)c(O)c1. The van der Waals surface area contributed by atoms with Gasteiger partial charge in [-0.05, 0) is 55.2 Å². The molecule has 1 aliphatic heterocycles. The number of hydrogen-bond acceptors (Lipinski definition) is 3. The maximum absolute atomic E-state index is 10.5. The van der Waals surface area contributed by atoms with Crippen molar-refractivity contribution in [2.24, 2.45) is 5.92 Å². The highest BCUT2D eigenvalue weighted by Gasteiger charge is 2.24. The maximum Gasteiger partial charge on any atom is 0.119 e. The first-order valence-corrected chi connectivity index (χ1v) is 9.41. The molecule has 0 bridgehead atoms. The number of rotatable bonds is 6. The number of phenols is 1. The van der Waals surface area contributed by atoms with E-state index >= 15 is 0 Å². The smallest absolute Gasteiger partial charge is 0.119 e. The fourth-order valence-corrected chi connectivity index (χ4v) is 3.68. The van der Waals surface area contributed by atoms with Crippen LogP contribution < -0.4 is 0 Å². The lowest BCUT2D eigenvalue weighted by Crippen LogP contribution is -2.47. The van der Waals surface area contributed by atoms with E-state index in [9.17, 15) is 5.11 Å². The second-order valence-electron chi connectivity index (χ2n) is 8.37. The van der Waals surface area contributed by atoms with Crippen molar-refractivity contribution in [3.05, 3.63) is 29.3 Å². The minimum absolute atomic E-state index is 0.113. The summed E-state index contributed by atoms with van der Waals surface area (Å²) in [6.45, 7) is 16.3. The first-order valence-electron chi connectivity index (χ1n) is 9.41. The number of phenolic OH excluding ortho intramolecular Hbond substituents is 1. The standard InChI is InChI=1S/C21H35NO2/c1-7-21(5,6)19-9-8-18(20(23)11-19)10-15(2)12-22-13-16(3)24-17(4)14-22/h8-9,11,15-17,23H,7,10,12-14H2,1-6H3/t15-,16-,17+/m1/s1. The lowest BCUT2D eigenvalue weighted by Gasteiger charge is -2.36. The number of morpholine rings is 1. The summed E-state index contributed by atoms with van der Waals surface area (Å²) in [5.41, 5.74) is 2.39. The highest BCUT2D eigenvalue weighted by molar-refractivity contribution is 5.39. The molecule has 0 aliphatic carbocycles. The second-order valence-corrected chi connectivity index (χ2v) is 8.37. The van der Waals surface area contributed by atoms with Crippen LogP contribution >= 0.6 is 0 Å². The summed E-state index contributed by atoms with van der Waals surface area (Å²) in [4.78, 5) is 2.50. The lowest BCUT2D eigenvalue weighted by molar-refractivity contribution is -0.0709. The zero-order valence-corrected chi connectivity index (χ0v) is 16.3. The van der Waals surface area contributed by atoms with E-state index in [0.29, 0.717) is 23.9 Å². The quantitative estimate of drug-likeness (QED) is 0.839. The van der Waals surface area contributed by atoms with Crippen molar-refractivity contribution in [2.45, 2.75) is 72.0 Å². The molecule has 0 spiro atoms. The Bertz CT molecular complexity index is 531. The normalized spacial score (nSPS) is 24.1. The van der Waals surface area contributed by atoms with E-state index in [1.165, 1.54) is 5.56 Å². The van der Waals surface area contributed by atoms with Gasteiger partial charge in [-0.25, -0.2) is 0 Å². The fraction of sp³-hybridized carbons (Fsp3) is 0.714. The molecule has 3 atom stereocenters. The fourth-order valence-electron chi connectivity index (χ4n) is 3.68. The van der Waals surface area contributed by atoms with Crippen LogP contribution in [0.1, 0.15) is 59.1 Å². The molecule has 1 aromatic carbocycles. The van der Waals surface area contributed by atoms with Crippen LogP contribution in [0.25, 0.3) is 0 Å². The van der Waals surface area contributed by atoms with Crippen LogP contribution in [-0.2, 0) is 16.6 Å². The van der Waals surface area contributed by atoms with Gasteiger partial charge in [-0.15, -0.1) is 0 Å². The predicted octanol–water partition coefficient (Wildman–Crippen LogP) is 4.37. The summed E-state index contributed by atoms with van der Waals surface area (Å²) in [5.74, 6) is 0.961. The average molecular weight is 334 g/mol. The lowest BCUT2D eigenvalue weighted by atomic mass is 9.81. The summed E-state index contributed by atoms with van der Waals surface area (Å²) in [5, 5.41) is 10.5. The van der Waals surface area contributed by atoms with Gasteiger partial charge in [-0.1, -0.05) is 39.8 Å². The molecular weight excluding hydrogens is 298 g/mol. The van der Waals surface area contributed by atoms with Gasteiger partial charge in [-0.2, -0.15) is 0 Å². The Labute approximate surface area is 148 Å². The highest BCUT2D eigenvalue weighted by Crippen LogP contribution is 2.31. The van der Waals surface area contributed by atoms with Crippen LogP contribution in [0.5, 0.6) is 5.75 Å². The maximum atomic E-state index is 10.5. The molecule has 136 valence electrons. The topological polar surface area (TPSA) is 32.7 Å². The molecule has 1 aliphatic rings. The number of benzene rings is 1. The molecule has 0 radical (unpaired) electrons. The predicted molar refractivity (Wildman–Crippen MR) is 101 cm³/mol. The summed E-state index contributed by atoms with van der Waals surface area (Å²) in [7, 11) is 0. The monoisotopic (exact) mass is 333 g/mol. The van der Waals surface area contributed by atoms with Crippen molar-refractivity contribution in [3.8, 4) is 5.75 Å². The Morgan fingerprint density at radius 3 is 2.42 bits per heavy atom. The minimum atomic E-state index is 0.113. The highest BCUT2D eigenvalue weighted by atomic mass is 16.5. The zero-order valence-electron chi connectivity index (χ0n) is 16.3. The van der Waals surface area contributed by atoms with E-state index in [-0.39, 0.29) is 5.41 Å². The van der Waals surface area contributed by atoms with Crippen LogP contribution in [0.4, 0.5) is 0 Å². The molecule has 24 heavy (non-hydrogen) atoms. The van der Waals surface area contributed by atoms with Crippen LogP contribution in [-0.4, -0.2) is 41.8 Å². The molecule has 0 aromatic heterocycles. The largest absolute Gasteiger partial charge is 0.508 e. The Balaban J connectivity index is 1.97. The molecule has 0 amide bonds. The van der Waals surface area contributed by atoms with E-state index in [4.69, 9.17) is 4.74 Å². The summed E-state index contributed by atoms with van der Waals surface area (Å²) in [6.07, 6.45) is 2.60. The van der Waals surface area contributed by atoms with Gasteiger partial charge < -0.3 is 9.84 Å². The van der Waals surface area contributed by atoms with Crippen molar-refractivity contribution < 1.29 is 9.84 Å². The third-order valence-corrected chi connectivity index (χ3v) is 5.38. The van der Waals surface area contributed by atoms with Gasteiger partial charge in [0.05, 0.1) is 12.2 Å². The Morgan fingerprint density at radius 2 is 1.88 bits per heavy atom. The number of aromatic hydroxyl groups is 1. The molecule has 0 saturated carbocycles. The van der Waals surface area contributed by atoms with E-state index in [1.54, 1.807) is 0 Å². The zero-order chi connectivity index (χ0) is 17.9. The van der Waals surface area contributed by atoms with Crippen molar-refractivity contribution in [3.63, 3.8) is 0 Å². The average Bonchev–Trinajstić information content (AvgIpc) is 2.48.